The van der Waals surface area contributed by atoms with Crippen molar-refractivity contribution in [3.63, 3.8) is 0 Å². The molecule has 0 aromatic carbocycles. The Balaban J connectivity index is 1.42. The van der Waals surface area contributed by atoms with Crippen molar-refractivity contribution in [3.05, 3.63) is 11.8 Å². The van der Waals surface area contributed by atoms with Gasteiger partial charge in [-0.3, -0.25) is 14.6 Å². The first-order valence-corrected chi connectivity index (χ1v) is 10.1. The third-order valence-corrected chi connectivity index (χ3v) is 6.43. The Morgan fingerprint density at radius 3 is 2.69 bits per heavy atom. The summed E-state index contributed by atoms with van der Waals surface area (Å²) in [4.78, 5) is 19.6. The molecule has 0 N–H and O–H groups in total. The van der Waals surface area contributed by atoms with Crippen LogP contribution in [0.5, 0.6) is 0 Å². The van der Waals surface area contributed by atoms with E-state index in [1.165, 1.54) is 12.8 Å². The number of hydrogen-bond acceptors (Lipinski definition) is 6. The molecule has 3 fully saturated rings. The summed E-state index contributed by atoms with van der Waals surface area (Å²) in [6.07, 6.45) is 6.05. The van der Waals surface area contributed by atoms with Crippen LogP contribution in [0.3, 0.4) is 0 Å². The lowest BCUT2D eigenvalue weighted by Crippen LogP contribution is -2.60. The molecule has 2 saturated heterocycles. The minimum absolute atomic E-state index is 0.0832. The second-order valence-corrected chi connectivity index (χ2v) is 8.33. The fourth-order valence-electron chi connectivity index (χ4n) is 4.40. The van der Waals surface area contributed by atoms with Gasteiger partial charge in [-0.25, -0.2) is 0 Å². The highest BCUT2D eigenvalue weighted by Crippen LogP contribution is 2.35. The van der Waals surface area contributed by atoms with E-state index in [1.54, 1.807) is 0 Å². The molecule has 0 bridgehead atoms. The first-order valence-electron chi connectivity index (χ1n) is 10.1. The van der Waals surface area contributed by atoms with Crippen LogP contribution in [-0.4, -0.2) is 76.1 Å². The topological polar surface area (TPSA) is 65.7 Å². The van der Waals surface area contributed by atoms with E-state index in [4.69, 9.17) is 4.42 Å². The van der Waals surface area contributed by atoms with Crippen LogP contribution in [0.1, 0.15) is 50.8 Å². The van der Waals surface area contributed by atoms with Crippen LogP contribution >= 0.6 is 0 Å². The van der Waals surface area contributed by atoms with Gasteiger partial charge >= 0.3 is 0 Å². The molecule has 1 atom stereocenters. The molecule has 3 heterocycles. The lowest BCUT2D eigenvalue weighted by molar-refractivity contribution is -0.131. The zero-order valence-electron chi connectivity index (χ0n) is 16.1. The van der Waals surface area contributed by atoms with Gasteiger partial charge in [-0.2, -0.15) is 0 Å². The second-order valence-electron chi connectivity index (χ2n) is 8.33. The Hall–Kier alpha value is -1.47. The van der Waals surface area contributed by atoms with Gasteiger partial charge in [-0.15, -0.1) is 10.2 Å². The largest absolute Gasteiger partial charge is 0.424 e. The van der Waals surface area contributed by atoms with E-state index in [2.05, 4.69) is 31.9 Å². The highest BCUT2D eigenvalue weighted by atomic mass is 16.4. The molecule has 2 aliphatic heterocycles. The summed E-state index contributed by atoms with van der Waals surface area (Å²) in [5, 5.41) is 8.26. The van der Waals surface area contributed by atoms with Crippen molar-refractivity contribution in [1.82, 2.24) is 24.9 Å². The molecule has 1 aromatic rings. The maximum absolute atomic E-state index is 12.6. The summed E-state index contributed by atoms with van der Waals surface area (Å²) >= 11 is 0. The molecule has 1 spiro atoms. The zero-order chi connectivity index (χ0) is 18.1. The molecule has 4 rings (SSSR count). The number of likely N-dealkylation sites (tertiary alicyclic amines) is 1. The Labute approximate surface area is 155 Å². The molecule has 7 heteroatoms. The summed E-state index contributed by atoms with van der Waals surface area (Å²) in [7, 11) is 2.22. The fourth-order valence-corrected chi connectivity index (χ4v) is 4.40. The number of aryl methyl sites for hydroxylation is 1. The van der Waals surface area contributed by atoms with Gasteiger partial charge in [0.2, 0.25) is 17.7 Å². The van der Waals surface area contributed by atoms with E-state index in [9.17, 15) is 4.79 Å². The molecule has 26 heavy (non-hydrogen) atoms. The number of amides is 1. The summed E-state index contributed by atoms with van der Waals surface area (Å²) < 4.78 is 5.71. The first-order chi connectivity index (χ1) is 12.6. The fraction of sp³-hybridized carbons (Fsp3) is 0.842. The Morgan fingerprint density at radius 1 is 1.15 bits per heavy atom. The van der Waals surface area contributed by atoms with Crippen LogP contribution < -0.4 is 0 Å². The Kier molecular flexibility index (Phi) is 5.01. The van der Waals surface area contributed by atoms with Gasteiger partial charge in [0.05, 0.1) is 6.54 Å². The van der Waals surface area contributed by atoms with Gasteiger partial charge in [0.1, 0.15) is 0 Å². The lowest BCUT2D eigenvalue weighted by atomic mass is 9.86. The second kappa shape index (κ2) is 7.27. The minimum atomic E-state index is 0.0832. The van der Waals surface area contributed by atoms with Gasteiger partial charge < -0.3 is 9.32 Å². The van der Waals surface area contributed by atoms with E-state index in [1.807, 2.05) is 6.92 Å². The number of nitrogens with zero attached hydrogens (tertiary/aromatic N) is 5. The lowest BCUT2D eigenvalue weighted by Gasteiger charge is -2.49. The number of rotatable bonds is 5. The summed E-state index contributed by atoms with van der Waals surface area (Å²) in [5.74, 6) is 2.53. The monoisotopic (exact) mass is 361 g/mol. The highest BCUT2D eigenvalue weighted by Gasteiger charge is 2.43. The summed E-state index contributed by atoms with van der Waals surface area (Å²) in [6, 6.07) is 0. The smallest absolute Gasteiger partial charge is 0.230 e. The number of likely N-dealkylation sites (N-methyl/N-ethyl adjacent to an activating group) is 1. The minimum Gasteiger partial charge on any atom is -0.424 e. The molecule has 0 unspecified atom stereocenters. The summed E-state index contributed by atoms with van der Waals surface area (Å²) in [6.45, 7) is 7.60. The predicted molar refractivity (Wildman–Crippen MR) is 97.5 cm³/mol. The van der Waals surface area contributed by atoms with Crippen LogP contribution in [-0.2, 0) is 17.8 Å². The van der Waals surface area contributed by atoms with Gasteiger partial charge in [0, 0.05) is 51.1 Å². The summed E-state index contributed by atoms with van der Waals surface area (Å²) in [5.41, 5.74) is 0.0832. The van der Waals surface area contributed by atoms with Crippen molar-refractivity contribution in [1.29, 1.82) is 0 Å². The number of carbonyl (C=O) groups excluding carboxylic acids is 1. The number of piperazine rings is 1. The average Bonchev–Trinajstić information content (AvgIpc) is 3.37. The molecule has 3 aliphatic rings. The van der Waals surface area contributed by atoms with Crippen molar-refractivity contribution in [2.45, 2.75) is 57.5 Å². The standard InChI is InChI=1S/C19H31N5O2/c1-3-16-20-21-17(26-16)13-23-11-10-22(2)19(14-23)7-6-18(25)24(9-8-19)12-15-4-5-15/h15H,3-14H2,1-2H3/t19-/m1/s1. The van der Waals surface area contributed by atoms with Gasteiger partial charge in [0.25, 0.3) is 0 Å². The van der Waals surface area contributed by atoms with E-state index >= 15 is 0 Å². The van der Waals surface area contributed by atoms with Gasteiger partial charge in [0.15, 0.2) is 0 Å². The molecular formula is C19H31N5O2. The van der Waals surface area contributed by atoms with E-state index in [0.717, 1.165) is 57.9 Å². The van der Waals surface area contributed by atoms with Crippen molar-refractivity contribution >= 4 is 5.91 Å². The van der Waals surface area contributed by atoms with E-state index in [-0.39, 0.29) is 5.54 Å². The molecule has 0 radical (unpaired) electrons. The molecule has 1 aliphatic carbocycles. The molecule has 1 aromatic heterocycles. The van der Waals surface area contributed by atoms with Crippen LogP contribution in [0.2, 0.25) is 0 Å². The van der Waals surface area contributed by atoms with Crippen molar-refractivity contribution in [2.75, 3.05) is 39.8 Å². The third kappa shape index (κ3) is 3.78. The zero-order valence-corrected chi connectivity index (χ0v) is 16.1. The van der Waals surface area contributed by atoms with Crippen molar-refractivity contribution in [2.24, 2.45) is 5.92 Å². The van der Waals surface area contributed by atoms with Crippen molar-refractivity contribution < 1.29 is 9.21 Å². The maximum atomic E-state index is 12.6. The molecule has 1 saturated carbocycles. The molecule has 7 nitrogen and oxygen atoms in total. The maximum Gasteiger partial charge on any atom is 0.230 e. The van der Waals surface area contributed by atoms with Crippen LogP contribution in [0.15, 0.2) is 4.42 Å². The number of hydrogen-bond donors (Lipinski definition) is 0. The average molecular weight is 361 g/mol. The molecule has 1 amide bonds. The highest BCUT2D eigenvalue weighted by molar-refractivity contribution is 5.76. The first kappa shape index (κ1) is 17.9. The van der Waals surface area contributed by atoms with Crippen molar-refractivity contribution in [3.8, 4) is 0 Å². The number of carbonyl (C=O) groups is 1. The molecule has 144 valence electrons. The van der Waals surface area contributed by atoms with E-state index in [0.29, 0.717) is 30.7 Å². The van der Waals surface area contributed by atoms with Gasteiger partial charge in [-0.05, 0) is 38.6 Å². The van der Waals surface area contributed by atoms with E-state index < -0.39 is 0 Å². The van der Waals surface area contributed by atoms with Crippen LogP contribution in [0.4, 0.5) is 0 Å². The normalized spacial score (nSPS) is 28.7. The van der Waals surface area contributed by atoms with Gasteiger partial charge in [-0.1, -0.05) is 6.92 Å². The third-order valence-electron chi connectivity index (χ3n) is 6.43. The Bertz CT molecular complexity index is 644. The molecular weight excluding hydrogens is 330 g/mol. The predicted octanol–water partition coefficient (Wildman–Crippen LogP) is 1.54. The Morgan fingerprint density at radius 2 is 1.96 bits per heavy atom. The van der Waals surface area contributed by atoms with Crippen LogP contribution in [0.25, 0.3) is 0 Å². The SMILES string of the molecule is CCc1nnc(CN2CCN(C)[C@@]3(CCC(=O)N(CC4CC4)CC3)C2)o1. The quantitative estimate of drug-likeness (QED) is 0.793. The number of aromatic nitrogens is 2. The van der Waals surface area contributed by atoms with Crippen LogP contribution in [0, 0.1) is 5.92 Å².